The highest BCUT2D eigenvalue weighted by molar-refractivity contribution is 7.88. The number of halogens is 2. The van der Waals surface area contributed by atoms with E-state index in [1.807, 2.05) is 0 Å². The summed E-state index contributed by atoms with van der Waals surface area (Å²) in [5, 5.41) is 24.1. The van der Waals surface area contributed by atoms with Crippen LogP contribution in [-0.4, -0.2) is 40.5 Å². The van der Waals surface area contributed by atoms with Crippen molar-refractivity contribution in [2.24, 2.45) is 0 Å². The first-order valence-electron chi connectivity index (χ1n) is 7.65. The molecule has 1 aliphatic carbocycles. The maximum absolute atomic E-state index is 11.8. The summed E-state index contributed by atoms with van der Waals surface area (Å²) in [5.41, 5.74) is 0.417. The van der Waals surface area contributed by atoms with Crippen LogP contribution in [0.1, 0.15) is 19.3 Å². The monoisotopic (exact) mass is 422 g/mol. The van der Waals surface area contributed by atoms with Gasteiger partial charge in [-0.15, -0.1) is 0 Å². The van der Waals surface area contributed by atoms with Gasteiger partial charge in [-0.2, -0.15) is 8.42 Å². The van der Waals surface area contributed by atoms with Crippen LogP contribution >= 0.6 is 23.2 Å². The highest BCUT2D eigenvalue weighted by Gasteiger charge is 2.21. The van der Waals surface area contributed by atoms with Crippen LogP contribution < -0.4 is 20.3 Å². The summed E-state index contributed by atoms with van der Waals surface area (Å²) in [6, 6.07) is 3.00. The predicted octanol–water partition coefficient (Wildman–Crippen LogP) is 2.33. The van der Waals surface area contributed by atoms with E-state index in [-0.39, 0.29) is 39.4 Å². The van der Waals surface area contributed by atoms with Gasteiger partial charge in [0.1, 0.15) is 0 Å². The molecule has 2 rings (SSSR count). The van der Waals surface area contributed by atoms with Crippen LogP contribution in [0.4, 0.5) is 11.4 Å². The van der Waals surface area contributed by atoms with Crippen LogP contribution in [0.25, 0.3) is 0 Å². The molecule has 1 aromatic carbocycles. The van der Waals surface area contributed by atoms with Gasteiger partial charge in [0, 0.05) is 13.1 Å². The van der Waals surface area contributed by atoms with Crippen molar-refractivity contribution in [1.29, 1.82) is 10.8 Å². The fraction of sp³-hybridized carbons (Fsp3) is 0.429. The van der Waals surface area contributed by atoms with Crippen LogP contribution in [0.3, 0.4) is 0 Å². The van der Waals surface area contributed by atoms with Gasteiger partial charge in [-0.25, -0.2) is 0 Å². The molecule has 0 unspecified atom stereocenters. The topological polar surface area (TPSA) is 130 Å². The molecule has 26 heavy (non-hydrogen) atoms. The summed E-state index contributed by atoms with van der Waals surface area (Å²) >= 11 is 12.3. The van der Waals surface area contributed by atoms with Crippen LogP contribution in [0.15, 0.2) is 12.1 Å². The minimum absolute atomic E-state index is 0.00184. The maximum atomic E-state index is 11.8. The molecular formula is C14H20Cl2N6O3S. The molecule has 0 atom stereocenters. The Labute approximate surface area is 162 Å². The summed E-state index contributed by atoms with van der Waals surface area (Å²) in [4.78, 5) is 0. The largest absolute Gasteiger partial charge is 0.361 e. The zero-order valence-corrected chi connectivity index (χ0v) is 16.5. The van der Waals surface area contributed by atoms with E-state index >= 15 is 0 Å². The Hall–Kier alpha value is -1.75. The van der Waals surface area contributed by atoms with E-state index in [4.69, 9.17) is 34.0 Å². The first kappa shape index (κ1) is 20.6. The molecular weight excluding hydrogens is 403 g/mol. The number of guanidine groups is 2. The Kier molecular flexibility index (Phi) is 6.56. The minimum atomic E-state index is -3.94. The Bertz CT molecular complexity index is 790. The quantitative estimate of drug-likeness (QED) is 0.365. The number of benzene rings is 1. The third-order valence-electron chi connectivity index (χ3n) is 3.89. The van der Waals surface area contributed by atoms with E-state index in [1.165, 1.54) is 19.2 Å². The molecule has 0 radical (unpaired) electrons. The number of anilines is 2. The minimum Gasteiger partial charge on any atom is -0.353 e. The summed E-state index contributed by atoms with van der Waals surface area (Å²) in [6.07, 6.45) is 3.13. The van der Waals surface area contributed by atoms with Crippen molar-refractivity contribution in [3.63, 3.8) is 0 Å². The average molecular weight is 423 g/mol. The first-order chi connectivity index (χ1) is 12.1. The molecule has 0 aliphatic heterocycles. The fourth-order valence-corrected chi connectivity index (χ4v) is 3.33. The standard InChI is InChI=1S/C14H20Cl2N6O3S/c1-22(26(23,24)25-2)9-6-10(15)12(11(16)7-9)20-14(18)21-13(17)19-8-4-3-5-8/h6-8H,3-5H2,1-2H3,(H5,17,18,19,20,21). The molecule has 144 valence electrons. The third kappa shape index (κ3) is 4.91. The second kappa shape index (κ2) is 8.30. The second-order valence-corrected chi connectivity index (χ2v) is 8.20. The molecule has 1 saturated carbocycles. The van der Waals surface area contributed by atoms with Gasteiger partial charge in [-0.05, 0) is 31.4 Å². The number of nitrogens with one attached hydrogen (secondary N) is 5. The van der Waals surface area contributed by atoms with E-state index in [0.29, 0.717) is 0 Å². The van der Waals surface area contributed by atoms with E-state index in [1.54, 1.807) is 0 Å². The van der Waals surface area contributed by atoms with Crippen LogP contribution in [-0.2, 0) is 14.5 Å². The van der Waals surface area contributed by atoms with E-state index in [2.05, 4.69) is 20.1 Å². The van der Waals surface area contributed by atoms with E-state index in [0.717, 1.165) is 30.7 Å². The molecule has 0 spiro atoms. The van der Waals surface area contributed by atoms with Crippen molar-refractivity contribution in [2.45, 2.75) is 25.3 Å². The Morgan fingerprint density at radius 2 is 1.81 bits per heavy atom. The zero-order chi connectivity index (χ0) is 19.5. The van der Waals surface area contributed by atoms with Crippen LogP contribution in [0, 0.1) is 10.8 Å². The van der Waals surface area contributed by atoms with Crippen LogP contribution in [0.2, 0.25) is 10.0 Å². The lowest BCUT2D eigenvalue weighted by molar-refractivity contribution is 0.381. The summed E-state index contributed by atoms with van der Waals surface area (Å²) in [7, 11) is -1.60. The maximum Gasteiger partial charge on any atom is 0.361 e. The molecule has 5 N–H and O–H groups in total. The molecule has 12 heteroatoms. The highest BCUT2D eigenvalue weighted by Crippen LogP contribution is 2.35. The van der Waals surface area contributed by atoms with Gasteiger partial charge < -0.3 is 10.6 Å². The summed E-state index contributed by atoms with van der Waals surface area (Å²) in [5.74, 6) is -0.196. The molecule has 0 aromatic heterocycles. The number of hydrogen-bond acceptors (Lipinski definition) is 5. The van der Waals surface area contributed by atoms with Crippen molar-refractivity contribution < 1.29 is 12.6 Å². The smallest absolute Gasteiger partial charge is 0.353 e. The van der Waals surface area contributed by atoms with Crippen molar-refractivity contribution >= 4 is 56.8 Å². The van der Waals surface area contributed by atoms with Crippen LogP contribution in [0.5, 0.6) is 0 Å². The van der Waals surface area contributed by atoms with E-state index in [9.17, 15) is 8.42 Å². The molecule has 1 fully saturated rings. The Morgan fingerprint density at radius 3 is 2.27 bits per heavy atom. The van der Waals surface area contributed by atoms with Gasteiger partial charge in [-0.1, -0.05) is 23.2 Å². The Morgan fingerprint density at radius 1 is 1.23 bits per heavy atom. The molecule has 1 aromatic rings. The number of rotatable bonds is 5. The molecule has 0 heterocycles. The molecule has 0 bridgehead atoms. The average Bonchev–Trinajstić information content (AvgIpc) is 2.53. The first-order valence-corrected chi connectivity index (χ1v) is 9.77. The highest BCUT2D eigenvalue weighted by atomic mass is 35.5. The fourth-order valence-electron chi connectivity index (χ4n) is 2.18. The molecule has 0 saturated heterocycles. The SMILES string of the molecule is COS(=O)(=O)N(C)c1cc(Cl)c(NC(=N)NC(=N)NC2CCC2)c(Cl)c1. The molecule has 0 amide bonds. The zero-order valence-electron chi connectivity index (χ0n) is 14.2. The molecule has 1 aliphatic rings. The van der Waals surface area contributed by atoms with Crippen molar-refractivity contribution in [1.82, 2.24) is 10.6 Å². The molecule has 9 nitrogen and oxygen atoms in total. The van der Waals surface area contributed by atoms with Crippen molar-refractivity contribution in [2.75, 3.05) is 23.8 Å². The normalized spacial score (nSPS) is 14.3. The third-order valence-corrected chi connectivity index (χ3v) is 5.79. The number of nitrogens with zero attached hydrogens (tertiary/aromatic N) is 1. The van der Waals surface area contributed by atoms with Gasteiger partial charge in [-0.3, -0.25) is 24.6 Å². The lowest BCUT2D eigenvalue weighted by atomic mass is 9.93. The van der Waals surface area contributed by atoms with Crippen molar-refractivity contribution in [3.8, 4) is 0 Å². The van der Waals surface area contributed by atoms with Gasteiger partial charge in [0.2, 0.25) is 0 Å². The lowest BCUT2D eigenvalue weighted by Gasteiger charge is -2.27. The van der Waals surface area contributed by atoms with Gasteiger partial charge in [0.05, 0.1) is 28.5 Å². The van der Waals surface area contributed by atoms with Gasteiger partial charge in [0.15, 0.2) is 11.9 Å². The lowest BCUT2D eigenvalue weighted by Crippen LogP contribution is -2.48. The summed E-state index contributed by atoms with van der Waals surface area (Å²) < 4.78 is 28.8. The number of hydrogen-bond donors (Lipinski definition) is 5. The second-order valence-electron chi connectivity index (χ2n) is 5.65. The van der Waals surface area contributed by atoms with Gasteiger partial charge >= 0.3 is 10.3 Å². The Balaban J connectivity index is 2.07. The van der Waals surface area contributed by atoms with Gasteiger partial charge in [0.25, 0.3) is 0 Å². The summed E-state index contributed by atoms with van der Waals surface area (Å²) in [6.45, 7) is 0. The van der Waals surface area contributed by atoms with E-state index < -0.39 is 10.3 Å². The predicted molar refractivity (Wildman–Crippen MR) is 104 cm³/mol. The van der Waals surface area contributed by atoms with Crippen molar-refractivity contribution in [3.05, 3.63) is 22.2 Å².